The second kappa shape index (κ2) is 9.07. The van der Waals surface area contributed by atoms with Gasteiger partial charge in [-0.2, -0.15) is 0 Å². The summed E-state index contributed by atoms with van der Waals surface area (Å²) in [4.78, 5) is 30.6. The van der Waals surface area contributed by atoms with Gasteiger partial charge in [0, 0.05) is 43.5 Å². The molecule has 0 radical (unpaired) electrons. The number of piperidine rings is 1. The molecule has 1 aromatic heterocycles. The molecular formula is C23H22F2N4O2. The van der Waals surface area contributed by atoms with Crippen LogP contribution in [0.25, 0.3) is 5.69 Å². The zero-order valence-corrected chi connectivity index (χ0v) is 16.8. The van der Waals surface area contributed by atoms with Crippen LogP contribution >= 0.6 is 0 Å². The van der Waals surface area contributed by atoms with Crippen molar-refractivity contribution in [2.45, 2.75) is 19.4 Å². The van der Waals surface area contributed by atoms with Crippen LogP contribution in [0.4, 0.5) is 8.78 Å². The first-order valence-corrected chi connectivity index (χ1v) is 10.1. The van der Waals surface area contributed by atoms with Crippen LogP contribution < -0.4 is 5.32 Å². The lowest BCUT2D eigenvalue weighted by atomic mass is 9.95. The molecule has 3 aromatic rings. The number of likely N-dealkylation sites (tertiary alicyclic amines) is 1. The fourth-order valence-electron chi connectivity index (χ4n) is 3.72. The third-order valence-electron chi connectivity index (χ3n) is 5.51. The van der Waals surface area contributed by atoms with Gasteiger partial charge in [-0.15, -0.1) is 0 Å². The van der Waals surface area contributed by atoms with E-state index < -0.39 is 5.82 Å². The van der Waals surface area contributed by atoms with E-state index in [-0.39, 0.29) is 30.1 Å². The molecule has 0 unspecified atom stereocenters. The highest BCUT2D eigenvalue weighted by Gasteiger charge is 2.27. The van der Waals surface area contributed by atoms with E-state index in [0.29, 0.717) is 42.7 Å². The van der Waals surface area contributed by atoms with E-state index in [0.717, 1.165) is 0 Å². The molecular weight excluding hydrogens is 402 g/mol. The molecule has 0 saturated carbocycles. The zero-order valence-electron chi connectivity index (χ0n) is 16.8. The Labute approximate surface area is 178 Å². The lowest BCUT2D eigenvalue weighted by Crippen LogP contribution is -2.42. The number of hydrogen-bond donors (Lipinski definition) is 1. The van der Waals surface area contributed by atoms with Crippen LogP contribution in [-0.4, -0.2) is 39.4 Å². The van der Waals surface area contributed by atoms with Crippen LogP contribution in [0.3, 0.4) is 0 Å². The fraction of sp³-hybridized carbons (Fsp3) is 0.261. The summed E-state index contributed by atoms with van der Waals surface area (Å²) in [5.74, 6) is -1.24. The second-order valence-electron chi connectivity index (χ2n) is 7.55. The minimum atomic E-state index is -0.391. The van der Waals surface area contributed by atoms with Crippen molar-refractivity contribution in [3.05, 3.63) is 83.9 Å². The number of carbonyl (C=O) groups excluding carboxylic acids is 2. The summed E-state index contributed by atoms with van der Waals surface area (Å²) in [6.45, 7) is 1.15. The molecule has 6 nitrogen and oxygen atoms in total. The van der Waals surface area contributed by atoms with E-state index in [2.05, 4.69) is 10.3 Å². The number of benzene rings is 2. The Hall–Kier alpha value is -3.55. The Kier molecular flexibility index (Phi) is 6.06. The molecule has 4 rings (SSSR count). The minimum Gasteiger partial charge on any atom is -0.352 e. The van der Waals surface area contributed by atoms with Crippen molar-refractivity contribution in [1.82, 2.24) is 19.8 Å². The van der Waals surface area contributed by atoms with E-state index >= 15 is 0 Å². The summed E-state index contributed by atoms with van der Waals surface area (Å²) in [5.41, 5.74) is 1.50. The molecule has 1 N–H and O–H groups in total. The Morgan fingerprint density at radius 1 is 1.06 bits per heavy atom. The second-order valence-corrected chi connectivity index (χ2v) is 7.55. The van der Waals surface area contributed by atoms with Gasteiger partial charge in [-0.25, -0.2) is 13.8 Å². The standard InChI is InChI=1S/C23H22F2N4O2/c24-19-4-2-18(3-5-19)23(31)28-10-7-17(8-11-28)22(30)27-14-16-1-6-21(20(25)13-16)29-12-9-26-15-29/h1-6,9,12-13,15,17H,7-8,10-11,14H2,(H,27,30). The van der Waals surface area contributed by atoms with Gasteiger partial charge in [0.1, 0.15) is 11.6 Å². The highest BCUT2D eigenvalue weighted by molar-refractivity contribution is 5.94. The Morgan fingerprint density at radius 3 is 2.45 bits per heavy atom. The van der Waals surface area contributed by atoms with Crippen LogP contribution in [0.15, 0.2) is 61.2 Å². The van der Waals surface area contributed by atoms with Crippen molar-refractivity contribution < 1.29 is 18.4 Å². The topological polar surface area (TPSA) is 67.2 Å². The number of rotatable bonds is 5. The summed E-state index contributed by atoms with van der Waals surface area (Å²) in [5, 5.41) is 2.86. The lowest BCUT2D eigenvalue weighted by molar-refractivity contribution is -0.126. The molecule has 31 heavy (non-hydrogen) atoms. The number of carbonyl (C=O) groups is 2. The van der Waals surface area contributed by atoms with E-state index in [1.54, 1.807) is 34.0 Å². The molecule has 1 fully saturated rings. The van der Waals surface area contributed by atoms with Gasteiger partial charge in [-0.05, 0) is 54.8 Å². The molecule has 0 spiro atoms. The first-order valence-electron chi connectivity index (χ1n) is 10.1. The van der Waals surface area contributed by atoms with Gasteiger partial charge in [0.15, 0.2) is 0 Å². The average Bonchev–Trinajstić information content (AvgIpc) is 3.32. The van der Waals surface area contributed by atoms with Crippen molar-refractivity contribution in [3.63, 3.8) is 0 Å². The summed E-state index contributed by atoms with van der Waals surface area (Å²) in [7, 11) is 0. The quantitative estimate of drug-likeness (QED) is 0.683. The number of amides is 2. The van der Waals surface area contributed by atoms with Gasteiger partial charge >= 0.3 is 0 Å². The lowest BCUT2D eigenvalue weighted by Gasteiger charge is -2.31. The maximum atomic E-state index is 14.4. The van der Waals surface area contributed by atoms with Crippen LogP contribution in [0.5, 0.6) is 0 Å². The monoisotopic (exact) mass is 424 g/mol. The Bertz CT molecular complexity index is 1060. The molecule has 2 aromatic carbocycles. The number of nitrogens with zero attached hydrogens (tertiary/aromatic N) is 3. The highest BCUT2D eigenvalue weighted by Crippen LogP contribution is 2.20. The largest absolute Gasteiger partial charge is 0.352 e. The van der Waals surface area contributed by atoms with E-state index in [9.17, 15) is 18.4 Å². The summed E-state index contributed by atoms with van der Waals surface area (Å²) in [6.07, 6.45) is 5.85. The Morgan fingerprint density at radius 2 is 1.81 bits per heavy atom. The first kappa shape index (κ1) is 20.7. The van der Waals surface area contributed by atoms with Crippen LogP contribution in [0.2, 0.25) is 0 Å². The van der Waals surface area contributed by atoms with Gasteiger partial charge in [0.25, 0.3) is 5.91 Å². The summed E-state index contributed by atoms with van der Waals surface area (Å²) >= 11 is 0. The molecule has 1 aliphatic rings. The van der Waals surface area contributed by atoms with Crippen LogP contribution in [-0.2, 0) is 11.3 Å². The van der Waals surface area contributed by atoms with Gasteiger partial charge in [-0.3, -0.25) is 9.59 Å². The predicted molar refractivity (Wildman–Crippen MR) is 110 cm³/mol. The molecule has 0 bridgehead atoms. The fourth-order valence-corrected chi connectivity index (χ4v) is 3.72. The molecule has 160 valence electrons. The molecule has 8 heteroatoms. The maximum absolute atomic E-state index is 14.4. The minimum absolute atomic E-state index is 0.104. The summed E-state index contributed by atoms with van der Waals surface area (Å²) < 4.78 is 29.0. The average molecular weight is 424 g/mol. The van der Waals surface area contributed by atoms with Crippen molar-refractivity contribution >= 4 is 11.8 Å². The van der Waals surface area contributed by atoms with E-state index in [1.165, 1.54) is 36.7 Å². The van der Waals surface area contributed by atoms with Crippen molar-refractivity contribution in [2.75, 3.05) is 13.1 Å². The summed E-state index contributed by atoms with van der Waals surface area (Å²) in [6, 6.07) is 10.3. The third kappa shape index (κ3) is 4.79. The Balaban J connectivity index is 1.28. The van der Waals surface area contributed by atoms with Crippen LogP contribution in [0, 0.1) is 17.6 Å². The smallest absolute Gasteiger partial charge is 0.253 e. The van der Waals surface area contributed by atoms with Crippen molar-refractivity contribution in [2.24, 2.45) is 5.92 Å². The number of halogens is 2. The molecule has 2 heterocycles. The number of aromatic nitrogens is 2. The van der Waals surface area contributed by atoms with Gasteiger partial charge in [-0.1, -0.05) is 6.07 Å². The van der Waals surface area contributed by atoms with Crippen LogP contribution in [0.1, 0.15) is 28.8 Å². The molecule has 1 aliphatic heterocycles. The molecule has 2 amide bonds. The van der Waals surface area contributed by atoms with Crippen molar-refractivity contribution in [3.8, 4) is 5.69 Å². The first-order chi connectivity index (χ1) is 15.0. The predicted octanol–water partition coefficient (Wildman–Crippen LogP) is 3.32. The molecule has 1 saturated heterocycles. The van der Waals surface area contributed by atoms with Gasteiger partial charge in [0.2, 0.25) is 5.91 Å². The number of hydrogen-bond acceptors (Lipinski definition) is 3. The van der Waals surface area contributed by atoms with Gasteiger partial charge < -0.3 is 14.8 Å². The zero-order chi connectivity index (χ0) is 21.8. The van der Waals surface area contributed by atoms with E-state index in [4.69, 9.17) is 0 Å². The number of nitrogens with one attached hydrogen (secondary N) is 1. The van der Waals surface area contributed by atoms with Gasteiger partial charge in [0.05, 0.1) is 12.0 Å². The number of imidazole rings is 1. The molecule has 0 aliphatic carbocycles. The highest BCUT2D eigenvalue weighted by atomic mass is 19.1. The third-order valence-corrected chi connectivity index (χ3v) is 5.51. The normalized spacial score (nSPS) is 14.5. The molecule has 0 atom stereocenters. The SMILES string of the molecule is O=C(NCc1ccc(-n2ccnc2)c(F)c1)C1CCN(C(=O)c2ccc(F)cc2)CC1. The van der Waals surface area contributed by atoms with E-state index in [1.807, 2.05) is 0 Å². The van der Waals surface area contributed by atoms with Crippen molar-refractivity contribution in [1.29, 1.82) is 0 Å². The maximum Gasteiger partial charge on any atom is 0.253 e.